The predicted octanol–water partition coefficient (Wildman–Crippen LogP) is 2.88. The summed E-state index contributed by atoms with van der Waals surface area (Å²) in [6.45, 7) is 0.112. The zero-order valence-electron chi connectivity index (χ0n) is 11.0. The number of fused-ring (bicyclic) bond motifs is 1. The highest BCUT2D eigenvalue weighted by molar-refractivity contribution is 6.30. The van der Waals surface area contributed by atoms with E-state index in [0.29, 0.717) is 21.9 Å². The summed E-state index contributed by atoms with van der Waals surface area (Å²) >= 11 is 5.79. The quantitative estimate of drug-likeness (QED) is 0.693. The minimum atomic E-state index is -0.788. The molecule has 0 aliphatic carbocycles. The maximum Gasteiger partial charge on any atom is 0.267 e. The van der Waals surface area contributed by atoms with Gasteiger partial charge in [0.2, 0.25) is 0 Å². The van der Waals surface area contributed by atoms with E-state index in [-0.39, 0.29) is 12.5 Å². The van der Waals surface area contributed by atoms with Crippen LogP contribution in [-0.4, -0.2) is 22.5 Å². The lowest BCUT2D eigenvalue weighted by Gasteiger charge is -2.11. The van der Waals surface area contributed by atoms with Gasteiger partial charge in [0, 0.05) is 23.7 Å². The summed E-state index contributed by atoms with van der Waals surface area (Å²) < 4.78 is 5.18. The molecule has 1 aromatic carbocycles. The van der Waals surface area contributed by atoms with Crippen LogP contribution < -0.4 is 5.32 Å². The number of aromatic nitrogens is 1. The molecule has 21 heavy (non-hydrogen) atoms. The molecule has 3 aromatic rings. The van der Waals surface area contributed by atoms with Gasteiger partial charge in [-0.15, -0.1) is 0 Å². The van der Waals surface area contributed by atoms with E-state index in [9.17, 15) is 9.90 Å². The summed E-state index contributed by atoms with van der Waals surface area (Å²) in [6.07, 6.45) is 0.761. The van der Waals surface area contributed by atoms with E-state index in [0.717, 1.165) is 5.52 Å². The first kappa shape index (κ1) is 13.7. The van der Waals surface area contributed by atoms with Gasteiger partial charge in [0.25, 0.3) is 5.91 Å². The molecule has 0 spiro atoms. The van der Waals surface area contributed by atoms with Gasteiger partial charge < -0.3 is 19.8 Å². The van der Waals surface area contributed by atoms with Crippen LogP contribution in [0.25, 0.3) is 11.1 Å². The monoisotopic (exact) mass is 304 g/mol. The molecular formula is C15H13ClN2O3. The zero-order valence-corrected chi connectivity index (χ0v) is 11.7. The number of aliphatic hydroxyl groups is 1. The van der Waals surface area contributed by atoms with Crippen molar-refractivity contribution in [3.8, 4) is 0 Å². The van der Waals surface area contributed by atoms with Crippen LogP contribution in [0, 0.1) is 0 Å². The number of carbonyl (C=O) groups is 1. The fraction of sp³-hybridized carbons (Fsp3) is 0.133. The third-order valence-electron chi connectivity index (χ3n) is 3.20. The van der Waals surface area contributed by atoms with Crippen LogP contribution in [0.4, 0.5) is 0 Å². The number of amides is 1. The van der Waals surface area contributed by atoms with Gasteiger partial charge in [-0.3, -0.25) is 4.79 Å². The summed E-state index contributed by atoms with van der Waals surface area (Å²) in [5, 5.41) is 13.3. The van der Waals surface area contributed by atoms with Gasteiger partial charge in [0.15, 0.2) is 5.58 Å². The van der Waals surface area contributed by atoms with Crippen molar-refractivity contribution in [2.75, 3.05) is 6.54 Å². The number of rotatable bonds is 4. The summed E-state index contributed by atoms with van der Waals surface area (Å²) in [6, 6.07) is 10.2. The molecule has 1 atom stereocenters. The Labute approximate surface area is 125 Å². The first-order valence-corrected chi connectivity index (χ1v) is 6.79. The Balaban J connectivity index is 1.62. The average molecular weight is 305 g/mol. The number of H-pyrrole nitrogens is 1. The van der Waals surface area contributed by atoms with Crippen LogP contribution in [0.1, 0.15) is 22.2 Å². The number of hydrogen-bond donors (Lipinski definition) is 3. The number of aromatic amines is 1. The van der Waals surface area contributed by atoms with Gasteiger partial charge >= 0.3 is 0 Å². The van der Waals surface area contributed by atoms with Crippen molar-refractivity contribution < 1.29 is 14.3 Å². The van der Waals surface area contributed by atoms with E-state index < -0.39 is 6.10 Å². The van der Waals surface area contributed by atoms with Gasteiger partial charge in [-0.25, -0.2) is 0 Å². The molecule has 0 radical (unpaired) electrons. The third kappa shape index (κ3) is 2.94. The standard InChI is InChI=1S/C15H13ClN2O3/c16-10-3-1-9(2-4-10)13(19)8-17-15(20)12-7-14-11(18-12)5-6-21-14/h1-7,13,18-19H,8H2,(H,17,20). The highest BCUT2D eigenvalue weighted by Gasteiger charge is 2.13. The fourth-order valence-electron chi connectivity index (χ4n) is 2.06. The van der Waals surface area contributed by atoms with Gasteiger partial charge in [-0.05, 0) is 17.7 Å². The molecule has 0 saturated heterocycles. The topological polar surface area (TPSA) is 78.3 Å². The largest absolute Gasteiger partial charge is 0.463 e. The molecule has 108 valence electrons. The second-order valence-corrected chi connectivity index (χ2v) is 5.10. The molecule has 2 aromatic heterocycles. The number of nitrogens with one attached hydrogen (secondary N) is 2. The SMILES string of the molecule is O=C(NCC(O)c1ccc(Cl)cc1)c1cc2occc2[nH]1. The molecule has 0 bridgehead atoms. The molecule has 0 fully saturated rings. The van der Waals surface area contributed by atoms with Gasteiger partial charge in [0.05, 0.1) is 17.9 Å². The van der Waals surface area contributed by atoms with Crippen molar-refractivity contribution in [1.82, 2.24) is 10.3 Å². The average Bonchev–Trinajstić information content (AvgIpc) is 3.06. The van der Waals surface area contributed by atoms with Crippen molar-refractivity contribution >= 4 is 28.6 Å². The lowest BCUT2D eigenvalue weighted by molar-refractivity contribution is 0.0912. The molecule has 2 heterocycles. The predicted molar refractivity (Wildman–Crippen MR) is 79.3 cm³/mol. The summed E-state index contributed by atoms with van der Waals surface area (Å²) in [7, 11) is 0. The second kappa shape index (κ2) is 5.63. The zero-order chi connectivity index (χ0) is 14.8. The third-order valence-corrected chi connectivity index (χ3v) is 3.45. The molecule has 1 unspecified atom stereocenters. The number of carbonyl (C=O) groups excluding carboxylic acids is 1. The summed E-state index contributed by atoms with van der Waals surface area (Å²) in [4.78, 5) is 14.9. The normalized spacial score (nSPS) is 12.5. The van der Waals surface area contributed by atoms with Crippen LogP contribution >= 0.6 is 11.6 Å². The Bertz CT molecular complexity index is 732. The van der Waals surface area contributed by atoms with Crippen LogP contribution in [0.15, 0.2) is 47.1 Å². The smallest absolute Gasteiger partial charge is 0.267 e. The molecule has 0 saturated carbocycles. The van der Waals surface area contributed by atoms with E-state index in [2.05, 4.69) is 10.3 Å². The molecule has 5 nitrogen and oxygen atoms in total. The fourth-order valence-corrected chi connectivity index (χ4v) is 2.18. The Morgan fingerprint density at radius 3 is 2.81 bits per heavy atom. The Hall–Kier alpha value is -2.24. The molecule has 3 rings (SSSR count). The van der Waals surface area contributed by atoms with Crippen molar-refractivity contribution in [1.29, 1.82) is 0 Å². The molecule has 3 N–H and O–H groups in total. The highest BCUT2D eigenvalue weighted by Crippen LogP contribution is 2.17. The Morgan fingerprint density at radius 1 is 1.33 bits per heavy atom. The number of benzene rings is 1. The van der Waals surface area contributed by atoms with Crippen molar-refractivity contribution in [3.05, 3.63) is 58.9 Å². The number of furan rings is 1. The van der Waals surface area contributed by atoms with Crippen LogP contribution in [0.5, 0.6) is 0 Å². The minimum absolute atomic E-state index is 0.112. The second-order valence-electron chi connectivity index (χ2n) is 4.66. The Morgan fingerprint density at radius 2 is 2.10 bits per heavy atom. The van der Waals surface area contributed by atoms with Gasteiger partial charge in [0.1, 0.15) is 5.69 Å². The van der Waals surface area contributed by atoms with E-state index in [4.69, 9.17) is 16.0 Å². The van der Waals surface area contributed by atoms with E-state index in [1.165, 1.54) is 0 Å². The lowest BCUT2D eigenvalue weighted by Crippen LogP contribution is -2.28. The van der Waals surface area contributed by atoms with Gasteiger partial charge in [-0.2, -0.15) is 0 Å². The van der Waals surface area contributed by atoms with Crippen LogP contribution in [-0.2, 0) is 0 Å². The van der Waals surface area contributed by atoms with Crippen molar-refractivity contribution in [2.24, 2.45) is 0 Å². The van der Waals surface area contributed by atoms with E-state index in [1.807, 2.05) is 0 Å². The maximum atomic E-state index is 12.0. The number of aliphatic hydroxyl groups excluding tert-OH is 1. The van der Waals surface area contributed by atoms with E-state index in [1.54, 1.807) is 42.7 Å². The van der Waals surface area contributed by atoms with Crippen LogP contribution in [0.3, 0.4) is 0 Å². The molecule has 1 amide bonds. The minimum Gasteiger partial charge on any atom is -0.463 e. The summed E-state index contributed by atoms with van der Waals surface area (Å²) in [5.74, 6) is -0.297. The lowest BCUT2D eigenvalue weighted by atomic mass is 10.1. The molecule has 0 aliphatic heterocycles. The van der Waals surface area contributed by atoms with Gasteiger partial charge in [-0.1, -0.05) is 23.7 Å². The molecular weight excluding hydrogens is 292 g/mol. The Kier molecular flexibility index (Phi) is 3.68. The first-order chi connectivity index (χ1) is 10.1. The summed E-state index contributed by atoms with van der Waals surface area (Å²) in [5.41, 5.74) is 2.48. The highest BCUT2D eigenvalue weighted by atomic mass is 35.5. The molecule has 0 aliphatic rings. The van der Waals surface area contributed by atoms with Crippen molar-refractivity contribution in [2.45, 2.75) is 6.10 Å². The first-order valence-electron chi connectivity index (χ1n) is 6.41. The number of hydrogen-bond acceptors (Lipinski definition) is 3. The van der Waals surface area contributed by atoms with Crippen molar-refractivity contribution in [3.63, 3.8) is 0 Å². The van der Waals surface area contributed by atoms with Crippen LogP contribution in [0.2, 0.25) is 5.02 Å². The van der Waals surface area contributed by atoms with E-state index >= 15 is 0 Å². The molecule has 6 heteroatoms. The maximum absolute atomic E-state index is 12.0. The number of halogens is 1.